The number of benzene rings is 3. The van der Waals surface area contributed by atoms with E-state index < -0.39 is 0 Å². The van der Waals surface area contributed by atoms with Crippen LogP contribution in [0, 0.1) is 0 Å². The van der Waals surface area contributed by atoms with E-state index in [0.717, 1.165) is 13.0 Å². The number of carbonyl (C=O) groups is 1. The Hall–Kier alpha value is -3.07. The molecule has 0 N–H and O–H groups in total. The number of carbonyl (C=O) groups excluding carboxylic acids is 1. The first kappa shape index (κ1) is 16.4. The van der Waals surface area contributed by atoms with Gasteiger partial charge in [-0.2, -0.15) is 0 Å². The fraction of sp³-hybridized carbons (Fsp3) is 0.174. The average molecular weight is 343 g/mol. The van der Waals surface area contributed by atoms with Gasteiger partial charge in [-0.25, -0.2) is 4.79 Å². The Kier molecular flexibility index (Phi) is 4.44. The molecule has 3 nitrogen and oxygen atoms in total. The molecule has 1 aliphatic heterocycles. The van der Waals surface area contributed by atoms with Crippen molar-refractivity contribution in [3.63, 3.8) is 0 Å². The summed E-state index contributed by atoms with van der Waals surface area (Å²) in [6, 6.07) is 27.1. The first-order valence-electron chi connectivity index (χ1n) is 8.85. The van der Waals surface area contributed by atoms with E-state index >= 15 is 0 Å². The second-order valence-electron chi connectivity index (χ2n) is 6.50. The maximum atomic E-state index is 11.9. The number of para-hydroxylation sites is 1. The molecule has 1 unspecified atom stereocenters. The van der Waals surface area contributed by atoms with E-state index in [1.54, 1.807) is 0 Å². The van der Waals surface area contributed by atoms with Gasteiger partial charge in [-0.3, -0.25) is 0 Å². The molecular weight excluding hydrogens is 322 g/mol. The van der Waals surface area contributed by atoms with Crippen molar-refractivity contribution < 1.29 is 9.53 Å². The molecule has 0 radical (unpaired) electrons. The summed E-state index contributed by atoms with van der Waals surface area (Å²) in [5.74, 6) is -0.283. The lowest BCUT2D eigenvalue weighted by molar-refractivity contribution is 0.0600. The number of hydrogen-bond donors (Lipinski definition) is 0. The second-order valence-corrected chi connectivity index (χ2v) is 6.50. The standard InChI is InChI=1S/C23H21NO2/c1-26-23(25)19-12-13-21-18(16-19)14-15-24(20-10-6-3-7-11-20)22(21)17-8-4-2-5-9-17/h2-13,16,22H,14-15H2,1H3. The van der Waals surface area contributed by atoms with Gasteiger partial charge in [0.2, 0.25) is 0 Å². The molecule has 0 saturated carbocycles. The minimum Gasteiger partial charge on any atom is -0.465 e. The highest BCUT2D eigenvalue weighted by Crippen LogP contribution is 2.38. The van der Waals surface area contributed by atoms with Crippen molar-refractivity contribution in [2.45, 2.75) is 12.5 Å². The van der Waals surface area contributed by atoms with Crippen molar-refractivity contribution in [2.24, 2.45) is 0 Å². The molecule has 3 heteroatoms. The molecule has 1 atom stereocenters. The van der Waals surface area contributed by atoms with E-state index in [4.69, 9.17) is 4.74 Å². The van der Waals surface area contributed by atoms with Crippen LogP contribution in [0.5, 0.6) is 0 Å². The third kappa shape index (κ3) is 2.97. The van der Waals surface area contributed by atoms with Crippen LogP contribution in [0.1, 0.15) is 33.1 Å². The van der Waals surface area contributed by atoms with Gasteiger partial charge in [-0.05, 0) is 47.4 Å². The number of hydrogen-bond acceptors (Lipinski definition) is 3. The molecule has 3 aromatic carbocycles. The zero-order valence-electron chi connectivity index (χ0n) is 14.8. The van der Waals surface area contributed by atoms with Crippen LogP contribution in [0.2, 0.25) is 0 Å². The normalized spacial score (nSPS) is 16.0. The largest absolute Gasteiger partial charge is 0.465 e. The number of esters is 1. The molecule has 0 spiro atoms. The third-order valence-electron chi connectivity index (χ3n) is 5.00. The van der Waals surface area contributed by atoms with Crippen molar-refractivity contribution in [3.8, 4) is 0 Å². The van der Waals surface area contributed by atoms with E-state index in [1.165, 1.54) is 29.5 Å². The van der Waals surface area contributed by atoms with Crippen LogP contribution in [0.25, 0.3) is 0 Å². The van der Waals surface area contributed by atoms with Crippen LogP contribution in [0.15, 0.2) is 78.9 Å². The highest BCUT2D eigenvalue weighted by Gasteiger charge is 2.29. The molecule has 1 aliphatic rings. The van der Waals surface area contributed by atoms with Gasteiger partial charge in [0.15, 0.2) is 0 Å². The number of rotatable bonds is 3. The molecule has 4 rings (SSSR count). The summed E-state index contributed by atoms with van der Waals surface area (Å²) >= 11 is 0. The summed E-state index contributed by atoms with van der Waals surface area (Å²) in [5, 5.41) is 0. The van der Waals surface area contributed by atoms with Gasteiger partial charge in [0.1, 0.15) is 0 Å². The molecule has 0 aromatic heterocycles. The van der Waals surface area contributed by atoms with Gasteiger partial charge in [0.05, 0.1) is 18.7 Å². The summed E-state index contributed by atoms with van der Waals surface area (Å²) < 4.78 is 4.88. The van der Waals surface area contributed by atoms with E-state index in [2.05, 4.69) is 59.5 Å². The maximum Gasteiger partial charge on any atom is 0.337 e. The van der Waals surface area contributed by atoms with Crippen LogP contribution in [-0.2, 0) is 11.2 Å². The molecule has 0 bridgehead atoms. The van der Waals surface area contributed by atoms with Gasteiger partial charge in [-0.1, -0.05) is 54.6 Å². The molecule has 130 valence electrons. The Morgan fingerprint density at radius 2 is 1.65 bits per heavy atom. The molecule has 0 amide bonds. The van der Waals surface area contributed by atoms with Gasteiger partial charge >= 0.3 is 5.97 Å². The number of methoxy groups -OCH3 is 1. The van der Waals surface area contributed by atoms with Crippen LogP contribution in [0.3, 0.4) is 0 Å². The molecule has 0 saturated heterocycles. The predicted octanol–water partition coefficient (Wildman–Crippen LogP) is 4.63. The van der Waals surface area contributed by atoms with Crippen LogP contribution in [0.4, 0.5) is 5.69 Å². The zero-order valence-corrected chi connectivity index (χ0v) is 14.8. The maximum absolute atomic E-state index is 11.9. The number of ether oxygens (including phenoxy) is 1. The number of anilines is 1. The van der Waals surface area contributed by atoms with Gasteiger partial charge in [-0.15, -0.1) is 0 Å². The van der Waals surface area contributed by atoms with Crippen molar-refractivity contribution >= 4 is 11.7 Å². The molecular formula is C23H21NO2. The van der Waals surface area contributed by atoms with Crippen molar-refractivity contribution in [3.05, 3.63) is 101 Å². The first-order chi connectivity index (χ1) is 12.8. The third-order valence-corrected chi connectivity index (χ3v) is 5.00. The Bertz CT molecular complexity index is 906. The Balaban J connectivity index is 1.82. The van der Waals surface area contributed by atoms with Crippen LogP contribution >= 0.6 is 0 Å². The van der Waals surface area contributed by atoms with Crippen LogP contribution < -0.4 is 4.90 Å². The fourth-order valence-electron chi connectivity index (χ4n) is 3.76. The quantitative estimate of drug-likeness (QED) is 0.650. The van der Waals surface area contributed by atoms with Gasteiger partial charge in [0.25, 0.3) is 0 Å². The van der Waals surface area contributed by atoms with E-state index in [-0.39, 0.29) is 12.0 Å². The minimum atomic E-state index is -0.283. The van der Waals surface area contributed by atoms with Gasteiger partial charge in [0, 0.05) is 12.2 Å². The molecule has 1 heterocycles. The highest BCUT2D eigenvalue weighted by molar-refractivity contribution is 5.89. The molecule has 26 heavy (non-hydrogen) atoms. The summed E-state index contributed by atoms with van der Waals surface area (Å²) in [5.41, 5.74) is 5.55. The SMILES string of the molecule is COC(=O)c1ccc2c(c1)CCN(c1ccccc1)C2c1ccccc1. The Labute approximate surface area is 153 Å². The van der Waals surface area contributed by atoms with Crippen molar-refractivity contribution in [2.75, 3.05) is 18.6 Å². The van der Waals surface area contributed by atoms with Crippen molar-refractivity contribution in [1.29, 1.82) is 0 Å². The number of nitrogens with zero attached hydrogens (tertiary/aromatic N) is 1. The summed E-state index contributed by atoms with van der Waals surface area (Å²) in [6.07, 6.45) is 0.901. The number of fused-ring (bicyclic) bond motifs is 1. The summed E-state index contributed by atoms with van der Waals surface area (Å²) in [7, 11) is 1.42. The first-order valence-corrected chi connectivity index (χ1v) is 8.85. The zero-order chi connectivity index (χ0) is 17.9. The Morgan fingerprint density at radius 3 is 2.35 bits per heavy atom. The molecule has 3 aromatic rings. The monoisotopic (exact) mass is 343 g/mol. The predicted molar refractivity (Wildman–Crippen MR) is 104 cm³/mol. The molecule has 0 fully saturated rings. The summed E-state index contributed by atoms with van der Waals surface area (Å²) in [6.45, 7) is 0.904. The van der Waals surface area contributed by atoms with E-state index in [9.17, 15) is 4.79 Å². The van der Waals surface area contributed by atoms with E-state index in [1.807, 2.05) is 24.3 Å². The highest BCUT2D eigenvalue weighted by atomic mass is 16.5. The fourth-order valence-corrected chi connectivity index (χ4v) is 3.76. The summed E-state index contributed by atoms with van der Waals surface area (Å²) in [4.78, 5) is 14.3. The Morgan fingerprint density at radius 1 is 0.962 bits per heavy atom. The minimum absolute atomic E-state index is 0.133. The lowest BCUT2D eigenvalue weighted by Gasteiger charge is -2.39. The lowest BCUT2D eigenvalue weighted by atomic mass is 9.86. The topological polar surface area (TPSA) is 29.5 Å². The van der Waals surface area contributed by atoms with E-state index in [0.29, 0.717) is 5.56 Å². The molecule has 0 aliphatic carbocycles. The van der Waals surface area contributed by atoms with Gasteiger partial charge < -0.3 is 9.64 Å². The second kappa shape index (κ2) is 7.04. The van der Waals surface area contributed by atoms with Crippen molar-refractivity contribution in [1.82, 2.24) is 0 Å². The lowest BCUT2D eigenvalue weighted by Crippen LogP contribution is -2.36. The van der Waals surface area contributed by atoms with Crippen LogP contribution in [-0.4, -0.2) is 19.6 Å². The average Bonchev–Trinajstić information content (AvgIpc) is 2.73. The smallest absolute Gasteiger partial charge is 0.337 e.